The van der Waals surface area contributed by atoms with Crippen molar-refractivity contribution in [1.82, 2.24) is 15.6 Å². The summed E-state index contributed by atoms with van der Waals surface area (Å²) in [6.45, 7) is 2.24. The Bertz CT molecular complexity index is 942. The molecule has 3 rings (SSSR count). The lowest BCUT2D eigenvalue weighted by Gasteiger charge is -2.27. The van der Waals surface area contributed by atoms with Gasteiger partial charge in [-0.25, -0.2) is 4.98 Å². The van der Waals surface area contributed by atoms with Crippen LogP contribution < -0.4 is 10.6 Å². The zero-order valence-corrected chi connectivity index (χ0v) is 17.3. The van der Waals surface area contributed by atoms with Gasteiger partial charge in [0.25, 0.3) is 5.91 Å². The number of methoxy groups -OCH3 is 1. The second-order valence-corrected chi connectivity index (χ2v) is 7.77. The molecule has 1 aromatic rings. The van der Waals surface area contributed by atoms with E-state index in [4.69, 9.17) is 10.1 Å². The van der Waals surface area contributed by atoms with E-state index in [2.05, 4.69) is 22.5 Å². The number of nitrogens with zero attached hydrogens (tertiary/aromatic N) is 1. The van der Waals surface area contributed by atoms with Gasteiger partial charge in [0, 0.05) is 23.9 Å². The highest BCUT2D eigenvalue weighted by Gasteiger charge is 2.33. The number of pyridine rings is 1. The van der Waals surface area contributed by atoms with Gasteiger partial charge in [0.15, 0.2) is 0 Å². The van der Waals surface area contributed by atoms with E-state index in [0.29, 0.717) is 11.6 Å². The maximum Gasteiger partial charge on any atom is 0.433 e. The minimum absolute atomic E-state index is 0.198. The summed E-state index contributed by atoms with van der Waals surface area (Å²) in [5.74, 6) is 0.147. The number of alkyl halides is 3. The number of hydrogen-bond donors (Lipinski definition) is 3. The smallest absolute Gasteiger partial charge is 0.433 e. The molecule has 0 aliphatic heterocycles. The third-order valence-electron chi connectivity index (χ3n) is 5.38. The maximum absolute atomic E-state index is 12.9. The Balaban J connectivity index is 1.77. The molecular weight excluding hydrogens is 409 g/mol. The molecule has 0 atom stereocenters. The van der Waals surface area contributed by atoms with Gasteiger partial charge in [0.2, 0.25) is 0 Å². The Kier molecular flexibility index (Phi) is 6.82. The van der Waals surface area contributed by atoms with Crippen molar-refractivity contribution in [3.63, 3.8) is 0 Å². The van der Waals surface area contributed by atoms with Crippen LogP contribution in [0.15, 0.2) is 53.6 Å². The van der Waals surface area contributed by atoms with Crippen LogP contribution in [0.4, 0.5) is 13.2 Å². The predicted molar refractivity (Wildman–Crippen MR) is 110 cm³/mol. The molecule has 9 heteroatoms. The molecule has 166 valence electrons. The van der Waals surface area contributed by atoms with E-state index in [1.165, 1.54) is 19.3 Å². The van der Waals surface area contributed by atoms with Crippen molar-refractivity contribution in [1.29, 1.82) is 5.41 Å². The number of ether oxygens (including phenoxy) is 1. The Labute approximate surface area is 178 Å². The molecule has 3 N–H and O–H groups in total. The lowest BCUT2D eigenvalue weighted by Crippen LogP contribution is -2.30. The van der Waals surface area contributed by atoms with Gasteiger partial charge in [-0.05, 0) is 49.8 Å². The summed E-state index contributed by atoms with van der Waals surface area (Å²) in [4.78, 5) is 15.9. The van der Waals surface area contributed by atoms with Gasteiger partial charge in [0.05, 0.1) is 18.5 Å². The highest BCUT2D eigenvalue weighted by Crippen LogP contribution is 2.28. The number of rotatable bonds is 5. The molecule has 2 aliphatic carbocycles. The number of amides is 1. The Morgan fingerprint density at radius 1 is 1.23 bits per heavy atom. The fraction of sp³-hybridized carbons (Fsp3) is 0.409. The molecule has 1 amide bonds. The summed E-state index contributed by atoms with van der Waals surface area (Å²) in [6, 6.07) is 3.46. The number of carbonyl (C=O) groups is 1. The third-order valence-corrected chi connectivity index (χ3v) is 5.38. The number of halogens is 3. The van der Waals surface area contributed by atoms with Gasteiger partial charge in [-0.15, -0.1) is 0 Å². The van der Waals surface area contributed by atoms with Crippen molar-refractivity contribution < 1.29 is 22.7 Å². The molecule has 1 fully saturated rings. The van der Waals surface area contributed by atoms with Crippen LogP contribution in [-0.2, 0) is 10.9 Å². The molecule has 0 bridgehead atoms. The Morgan fingerprint density at radius 3 is 2.58 bits per heavy atom. The molecule has 0 spiro atoms. The van der Waals surface area contributed by atoms with Crippen LogP contribution in [0.2, 0.25) is 0 Å². The summed E-state index contributed by atoms with van der Waals surface area (Å²) < 4.78 is 43.9. The van der Waals surface area contributed by atoms with Gasteiger partial charge >= 0.3 is 6.18 Å². The molecule has 0 saturated heterocycles. The average Bonchev–Trinajstić information content (AvgIpc) is 2.74. The van der Waals surface area contributed by atoms with Gasteiger partial charge in [-0.3, -0.25) is 4.79 Å². The van der Waals surface area contributed by atoms with Crippen LogP contribution in [-0.4, -0.2) is 29.8 Å². The number of carbonyl (C=O) groups excluding carboxylic acids is 1. The summed E-state index contributed by atoms with van der Waals surface area (Å²) >= 11 is 0. The molecule has 0 aromatic carbocycles. The van der Waals surface area contributed by atoms with E-state index < -0.39 is 17.8 Å². The Morgan fingerprint density at radius 2 is 1.94 bits per heavy atom. The summed E-state index contributed by atoms with van der Waals surface area (Å²) in [7, 11) is 1.39. The number of nitrogens with one attached hydrogen (secondary N) is 3. The maximum atomic E-state index is 12.9. The molecule has 0 radical (unpaired) electrons. The fourth-order valence-corrected chi connectivity index (χ4v) is 3.52. The van der Waals surface area contributed by atoms with Crippen molar-refractivity contribution in [2.75, 3.05) is 7.11 Å². The number of allylic oxidation sites excluding steroid dienone is 3. The van der Waals surface area contributed by atoms with E-state index in [1.807, 2.05) is 0 Å². The van der Waals surface area contributed by atoms with Gasteiger partial charge in [0.1, 0.15) is 17.1 Å². The zero-order valence-electron chi connectivity index (χ0n) is 17.3. The Hall–Kier alpha value is -3.10. The SMILES string of the molecule is COC1=CC(=N)/C(=C\NC2CCC(C)CC2)C=C1NC(=O)c1cccc(C(F)(F)F)n1. The summed E-state index contributed by atoms with van der Waals surface area (Å²) in [5, 5.41) is 14.1. The second kappa shape index (κ2) is 9.36. The van der Waals surface area contributed by atoms with Crippen LogP contribution in [0.1, 0.15) is 48.8 Å². The summed E-state index contributed by atoms with van der Waals surface area (Å²) in [6.07, 6.45) is 4.49. The van der Waals surface area contributed by atoms with Gasteiger partial charge in [-0.1, -0.05) is 13.0 Å². The molecule has 1 heterocycles. The first-order valence-corrected chi connectivity index (χ1v) is 10.1. The number of hydrogen-bond acceptors (Lipinski definition) is 5. The monoisotopic (exact) mass is 434 g/mol. The van der Waals surface area contributed by atoms with Crippen LogP contribution >= 0.6 is 0 Å². The topological polar surface area (TPSA) is 87.1 Å². The molecule has 2 aliphatic rings. The molecule has 31 heavy (non-hydrogen) atoms. The molecular formula is C22H25F3N4O2. The summed E-state index contributed by atoms with van der Waals surface area (Å²) in [5.41, 5.74) is -0.538. The third kappa shape index (κ3) is 5.74. The fourth-order valence-electron chi connectivity index (χ4n) is 3.52. The van der Waals surface area contributed by atoms with Gasteiger partial charge < -0.3 is 20.8 Å². The van der Waals surface area contributed by atoms with Crippen LogP contribution in [0.3, 0.4) is 0 Å². The van der Waals surface area contributed by atoms with E-state index in [1.54, 1.807) is 12.3 Å². The lowest BCUT2D eigenvalue weighted by molar-refractivity contribution is -0.141. The average molecular weight is 434 g/mol. The van der Waals surface area contributed by atoms with Crippen molar-refractivity contribution in [2.24, 2.45) is 5.92 Å². The number of aromatic nitrogens is 1. The molecule has 6 nitrogen and oxygen atoms in total. The predicted octanol–water partition coefficient (Wildman–Crippen LogP) is 4.33. The van der Waals surface area contributed by atoms with Crippen molar-refractivity contribution >= 4 is 11.6 Å². The molecule has 1 saturated carbocycles. The van der Waals surface area contributed by atoms with Crippen LogP contribution in [0.25, 0.3) is 0 Å². The molecule has 1 aromatic heterocycles. The van der Waals surface area contributed by atoms with Crippen LogP contribution in [0.5, 0.6) is 0 Å². The largest absolute Gasteiger partial charge is 0.494 e. The first-order chi connectivity index (χ1) is 14.7. The van der Waals surface area contributed by atoms with E-state index in [9.17, 15) is 18.0 Å². The standard InChI is InChI=1S/C22H25F3N4O2/c1-13-6-8-15(9-7-13)27-12-14-10-18(19(31-2)11-16(14)26)29-21(30)17-4-3-5-20(28-17)22(23,24)25/h3-5,10-13,15,26-27H,6-9H2,1-2H3,(H,29,30)/b14-12-,26-16?. The minimum atomic E-state index is -4.65. The zero-order chi connectivity index (χ0) is 22.6. The normalized spacial score (nSPS) is 23.1. The van der Waals surface area contributed by atoms with E-state index in [0.717, 1.165) is 43.7 Å². The van der Waals surface area contributed by atoms with E-state index >= 15 is 0 Å². The lowest BCUT2D eigenvalue weighted by atomic mass is 9.87. The van der Waals surface area contributed by atoms with Gasteiger partial charge in [-0.2, -0.15) is 13.2 Å². The highest BCUT2D eigenvalue weighted by atomic mass is 19.4. The second-order valence-electron chi connectivity index (χ2n) is 7.77. The van der Waals surface area contributed by atoms with E-state index in [-0.39, 0.29) is 22.9 Å². The minimum Gasteiger partial charge on any atom is -0.494 e. The van der Waals surface area contributed by atoms with Crippen molar-refractivity contribution in [3.05, 3.63) is 65.0 Å². The quantitative estimate of drug-likeness (QED) is 0.644. The van der Waals surface area contributed by atoms with Crippen molar-refractivity contribution in [3.8, 4) is 0 Å². The first-order valence-electron chi connectivity index (χ1n) is 10.1. The first kappa shape index (κ1) is 22.6. The molecule has 0 unspecified atom stereocenters. The van der Waals surface area contributed by atoms with Crippen molar-refractivity contribution in [2.45, 2.75) is 44.8 Å². The van der Waals surface area contributed by atoms with Crippen LogP contribution in [0, 0.1) is 11.3 Å². The highest BCUT2D eigenvalue weighted by molar-refractivity contribution is 6.10.